The SMILES string of the molecule is CCc1ccc(C=C2SC(=S)N(CCCC(=O)Nc3cccc(C)c3)C2=O)cc1. The molecule has 6 heteroatoms. The van der Waals surface area contributed by atoms with Gasteiger partial charge < -0.3 is 5.32 Å². The predicted octanol–water partition coefficient (Wildman–Crippen LogP) is 5.18. The number of hydrogen-bond acceptors (Lipinski definition) is 4. The maximum atomic E-state index is 12.7. The Morgan fingerprint density at radius 3 is 2.66 bits per heavy atom. The normalized spacial score (nSPS) is 15.2. The van der Waals surface area contributed by atoms with Gasteiger partial charge in [0.15, 0.2) is 0 Å². The lowest BCUT2D eigenvalue weighted by Gasteiger charge is -2.14. The van der Waals surface area contributed by atoms with Crippen molar-refractivity contribution in [1.29, 1.82) is 0 Å². The van der Waals surface area contributed by atoms with Crippen molar-refractivity contribution in [2.45, 2.75) is 33.1 Å². The number of thiocarbonyl (C=S) groups is 1. The van der Waals surface area contributed by atoms with E-state index in [1.54, 1.807) is 4.90 Å². The van der Waals surface area contributed by atoms with Crippen LogP contribution in [0.25, 0.3) is 6.08 Å². The highest BCUT2D eigenvalue weighted by molar-refractivity contribution is 8.26. The van der Waals surface area contributed by atoms with Crippen molar-refractivity contribution in [3.8, 4) is 0 Å². The molecule has 150 valence electrons. The van der Waals surface area contributed by atoms with Gasteiger partial charge in [-0.15, -0.1) is 0 Å². The first kappa shape index (κ1) is 21.3. The van der Waals surface area contributed by atoms with Crippen molar-refractivity contribution in [3.63, 3.8) is 0 Å². The molecule has 1 heterocycles. The van der Waals surface area contributed by atoms with E-state index in [2.05, 4.69) is 24.4 Å². The third-order valence-electron chi connectivity index (χ3n) is 4.65. The lowest BCUT2D eigenvalue weighted by atomic mass is 10.1. The van der Waals surface area contributed by atoms with Crippen molar-refractivity contribution in [1.82, 2.24) is 4.90 Å². The second-order valence-electron chi connectivity index (χ2n) is 6.95. The van der Waals surface area contributed by atoms with Gasteiger partial charge in [0.2, 0.25) is 5.91 Å². The highest BCUT2D eigenvalue weighted by Gasteiger charge is 2.31. The number of benzene rings is 2. The van der Waals surface area contributed by atoms with Crippen molar-refractivity contribution < 1.29 is 9.59 Å². The number of anilines is 1. The first-order valence-corrected chi connectivity index (χ1v) is 10.9. The van der Waals surface area contributed by atoms with E-state index in [4.69, 9.17) is 12.2 Å². The van der Waals surface area contributed by atoms with Crippen LogP contribution in [0.4, 0.5) is 5.69 Å². The van der Waals surface area contributed by atoms with Crippen molar-refractivity contribution in [2.75, 3.05) is 11.9 Å². The second-order valence-corrected chi connectivity index (χ2v) is 8.63. The quantitative estimate of drug-likeness (QED) is 0.492. The van der Waals surface area contributed by atoms with Gasteiger partial charge in [0.05, 0.1) is 4.91 Å². The Bertz CT molecular complexity index is 952. The number of thioether (sulfide) groups is 1. The van der Waals surface area contributed by atoms with Crippen LogP contribution in [0, 0.1) is 6.92 Å². The van der Waals surface area contributed by atoms with Gasteiger partial charge in [0.1, 0.15) is 4.32 Å². The Balaban J connectivity index is 1.53. The maximum Gasteiger partial charge on any atom is 0.266 e. The molecular formula is C23H24N2O2S2. The lowest BCUT2D eigenvalue weighted by molar-refractivity contribution is -0.122. The monoisotopic (exact) mass is 424 g/mol. The Hall–Kier alpha value is -2.44. The predicted molar refractivity (Wildman–Crippen MR) is 125 cm³/mol. The van der Waals surface area contributed by atoms with Gasteiger partial charge in [-0.3, -0.25) is 14.5 Å². The highest BCUT2D eigenvalue weighted by atomic mass is 32.2. The summed E-state index contributed by atoms with van der Waals surface area (Å²) >= 11 is 6.69. The summed E-state index contributed by atoms with van der Waals surface area (Å²) < 4.78 is 0.547. The zero-order valence-corrected chi connectivity index (χ0v) is 18.2. The topological polar surface area (TPSA) is 49.4 Å². The molecule has 1 aliphatic heterocycles. The standard InChI is InChI=1S/C23H24N2O2S2/c1-3-17-9-11-18(12-10-17)15-20-22(27)25(23(28)29-20)13-5-8-21(26)24-19-7-4-6-16(2)14-19/h4,6-7,9-12,14-15H,3,5,8,13H2,1-2H3,(H,24,26). The van der Waals surface area contributed by atoms with Crippen LogP contribution in [0.2, 0.25) is 0 Å². The number of hydrogen-bond donors (Lipinski definition) is 1. The molecule has 0 aromatic heterocycles. The van der Waals surface area contributed by atoms with E-state index >= 15 is 0 Å². The highest BCUT2D eigenvalue weighted by Crippen LogP contribution is 2.32. The molecule has 0 saturated carbocycles. The summed E-state index contributed by atoms with van der Waals surface area (Å²) in [6.07, 6.45) is 3.76. The van der Waals surface area contributed by atoms with Gasteiger partial charge in [0.25, 0.3) is 5.91 Å². The number of rotatable bonds is 7. The number of nitrogens with one attached hydrogen (secondary N) is 1. The third-order valence-corrected chi connectivity index (χ3v) is 6.02. The van der Waals surface area contributed by atoms with Crippen LogP contribution in [0.1, 0.15) is 36.5 Å². The molecule has 1 fully saturated rings. The van der Waals surface area contributed by atoms with Crippen molar-refractivity contribution in [3.05, 3.63) is 70.1 Å². The number of carbonyl (C=O) groups is 2. The number of aryl methyl sites for hydroxylation is 2. The minimum absolute atomic E-state index is 0.0624. The van der Waals surface area contributed by atoms with Crippen LogP contribution in [-0.4, -0.2) is 27.6 Å². The van der Waals surface area contributed by atoms with E-state index in [0.29, 0.717) is 28.6 Å². The molecule has 0 bridgehead atoms. The fourth-order valence-corrected chi connectivity index (χ4v) is 4.35. The minimum atomic E-state index is -0.0846. The molecule has 1 N–H and O–H groups in total. The van der Waals surface area contributed by atoms with Gasteiger partial charge in [0, 0.05) is 18.7 Å². The summed E-state index contributed by atoms with van der Waals surface area (Å²) in [5.41, 5.74) is 4.13. The third kappa shape index (κ3) is 5.78. The van der Waals surface area contributed by atoms with Gasteiger partial charge in [-0.1, -0.05) is 67.3 Å². The molecule has 0 spiro atoms. The first-order valence-electron chi connectivity index (χ1n) is 9.67. The fourth-order valence-electron chi connectivity index (χ4n) is 3.04. The van der Waals surface area contributed by atoms with Gasteiger partial charge in [-0.25, -0.2) is 0 Å². The zero-order valence-electron chi connectivity index (χ0n) is 16.6. The summed E-state index contributed by atoms with van der Waals surface area (Å²) in [5.74, 6) is -0.147. The molecule has 0 radical (unpaired) electrons. The molecule has 2 aromatic carbocycles. The number of nitrogens with zero attached hydrogens (tertiary/aromatic N) is 1. The summed E-state index contributed by atoms with van der Waals surface area (Å²) in [7, 11) is 0. The Kier molecular flexibility index (Phi) is 7.23. The molecule has 4 nitrogen and oxygen atoms in total. The molecule has 1 saturated heterocycles. The van der Waals surface area contributed by atoms with Crippen LogP contribution in [-0.2, 0) is 16.0 Å². The lowest BCUT2D eigenvalue weighted by Crippen LogP contribution is -2.29. The van der Waals surface area contributed by atoms with Crippen molar-refractivity contribution in [2.24, 2.45) is 0 Å². The molecule has 0 atom stereocenters. The van der Waals surface area contributed by atoms with Gasteiger partial charge in [-0.05, 0) is 54.7 Å². The zero-order chi connectivity index (χ0) is 20.8. The molecule has 1 aliphatic rings. The summed E-state index contributed by atoms with van der Waals surface area (Å²) in [6.45, 7) is 4.54. The Labute approximate surface area is 181 Å². The van der Waals surface area contributed by atoms with E-state index in [0.717, 1.165) is 23.2 Å². The average molecular weight is 425 g/mol. The van der Waals surface area contributed by atoms with Crippen LogP contribution < -0.4 is 5.32 Å². The fraction of sp³-hybridized carbons (Fsp3) is 0.261. The Morgan fingerprint density at radius 2 is 1.97 bits per heavy atom. The van der Waals surface area contributed by atoms with Gasteiger partial charge in [-0.2, -0.15) is 0 Å². The average Bonchev–Trinajstić information content (AvgIpc) is 2.96. The van der Waals surface area contributed by atoms with E-state index in [1.165, 1.54) is 17.3 Å². The largest absolute Gasteiger partial charge is 0.326 e. The first-order chi connectivity index (χ1) is 14.0. The van der Waals surface area contributed by atoms with E-state index < -0.39 is 0 Å². The molecule has 2 aromatic rings. The Morgan fingerprint density at radius 1 is 1.21 bits per heavy atom. The molecule has 0 unspecified atom stereocenters. The van der Waals surface area contributed by atoms with Crippen LogP contribution >= 0.6 is 24.0 Å². The summed E-state index contributed by atoms with van der Waals surface area (Å²) in [5, 5.41) is 2.89. The molecular weight excluding hydrogens is 400 g/mol. The molecule has 2 amide bonds. The second kappa shape index (κ2) is 9.85. The van der Waals surface area contributed by atoms with E-state index in [1.807, 2.05) is 49.4 Å². The van der Waals surface area contributed by atoms with E-state index in [-0.39, 0.29) is 11.8 Å². The van der Waals surface area contributed by atoms with Crippen LogP contribution in [0.15, 0.2) is 53.4 Å². The number of carbonyl (C=O) groups excluding carboxylic acids is 2. The minimum Gasteiger partial charge on any atom is -0.326 e. The number of amides is 2. The smallest absolute Gasteiger partial charge is 0.266 e. The molecule has 0 aliphatic carbocycles. The van der Waals surface area contributed by atoms with E-state index in [9.17, 15) is 9.59 Å². The maximum absolute atomic E-state index is 12.7. The van der Waals surface area contributed by atoms with Gasteiger partial charge >= 0.3 is 0 Å². The summed E-state index contributed by atoms with van der Waals surface area (Å²) in [6, 6.07) is 15.9. The van der Waals surface area contributed by atoms with Crippen LogP contribution in [0.3, 0.4) is 0 Å². The summed E-state index contributed by atoms with van der Waals surface area (Å²) in [4.78, 5) is 27.1. The molecule has 3 rings (SSSR count). The van der Waals surface area contributed by atoms with Crippen LogP contribution in [0.5, 0.6) is 0 Å². The molecule has 29 heavy (non-hydrogen) atoms. The van der Waals surface area contributed by atoms with Crippen molar-refractivity contribution >= 4 is 51.9 Å².